The van der Waals surface area contributed by atoms with Gasteiger partial charge in [0.2, 0.25) is 0 Å². The Labute approximate surface area is 196 Å². The van der Waals surface area contributed by atoms with Gasteiger partial charge in [0, 0.05) is 25.0 Å². The molecule has 13 heteroatoms. The number of nitrogens with two attached hydrogens (primary N) is 2. The normalized spacial score (nSPS) is 46.7. The summed E-state index contributed by atoms with van der Waals surface area (Å²) in [7, 11) is 0. The fourth-order valence-electron chi connectivity index (χ4n) is 6.21. The predicted octanol–water partition coefficient (Wildman–Crippen LogP) is -2.40. The number of halogens is 1. The van der Waals surface area contributed by atoms with Gasteiger partial charge in [0.25, 0.3) is 0 Å². The first-order valence-corrected chi connectivity index (χ1v) is 11.5. The number of hydrogen-bond acceptors (Lipinski definition) is 12. The second-order valence-electron chi connectivity index (χ2n) is 9.86. The van der Waals surface area contributed by atoms with Gasteiger partial charge in [0.15, 0.2) is 5.66 Å². The van der Waals surface area contributed by atoms with E-state index in [9.17, 15) is 24.6 Å². The number of fused-ring (bicyclic) bond motifs is 1. The van der Waals surface area contributed by atoms with E-state index in [1.54, 1.807) is 11.0 Å². The van der Waals surface area contributed by atoms with E-state index in [4.69, 9.17) is 16.2 Å². The maximum atomic E-state index is 14.1. The number of ether oxygens (including phenoxy) is 1. The van der Waals surface area contributed by atoms with Crippen LogP contribution in [-0.2, 0) is 9.53 Å². The van der Waals surface area contributed by atoms with Crippen molar-refractivity contribution in [2.75, 3.05) is 13.2 Å². The summed E-state index contributed by atoms with van der Waals surface area (Å²) < 4.78 is 19.9. The van der Waals surface area contributed by atoms with Crippen molar-refractivity contribution in [1.29, 1.82) is 0 Å². The Kier molecular flexibility index (Phi) is 5.71. The average molecular weight is 482 g/mol. The molecule has 5 aliphatic rings. The summed E-state index contributed by atoms with van der Waals surface area (Å²) in [4.78, 5) is 19.5. The van der Waals surface area contributed by atoms with Gasteiger partial charge < -0.3 is 31.6 Å². The molecule has 188 valence electrons. The van der Waals surface area contributed by atoms with Crippen LogP contribution in [0.4, 0.5) is 4.39 Å². The number of carbonyl (C=O) groups is 1. The van der Waals surface area contributed by atoms with Crippen molar-refractivity contribution >= 4 is 11.7 Å². The zero-order valence-corrected chi connectivity index (χ0v) is 19.1. The van der Waals surface area contributed by atoms with Crippen LogP contribution in [0.2, 0.25) is 0 Å². The van der Waals surface area contributed by atoms with E-state index in [2.05, 4.69) is 15.6 Å². The average Bonchev–Trinajstić information content (AvgIpc) is 3.19. The van der Waals surface area contributed by atoms with Gasteiger partial charge in [-0.1, -0.05) is 0 Å². The van der Waals surface area contributed by atoms with E-state index in [1.807, 2.05) is 6.92 Å². The number of allylic oxidation sites excluding steroid dienone is 3. The van der Waals surface area contributed by atoms with Crippen molar-refractivity contribution in [3.63, 3.8) is 0 Å². The molecule has 12 nitrogen and oxygen atoms in total. The maximum absolute atomic E-state index is 14.1. The Morgan fingerprint density at radius 3 is 2.79 bits per heavy atom. The number of aliphatic hydroxyl groups excluding tert-OH is 1. The molecular weight excluding hydrogens is 449 g/mol. The van der Waals surface area contributed by atoms with Gasteiger partial charge in [-0.05, 0) is 31.6 Å². The van der Waals surface area contributed by atoms with Crippen molar-refractivity contribution in [3.8, 4) is 0 Å². The summed E-state index contributed by atoms with van der Waals surface area (Å²) in [5.41, 5.74) is 10.3. The van der Waals surface area contributed by atoms with Crippen LogP contribution in [0.15, 0.2) is 28.3 Å². The van der Waals surface area contributed by atoms with Gasteiger partial charge >= 0.3 is 5.97 Å². The minimum atomic E-state index is -1.85. The van der Waals surface area contributed by atoms with Crippen molar-refractivity contribution in [2.45, 2.75) is 80.9 Å². The van der Waals surface area contributed by atoms with Gasteiger partial charge in [-0.25, -0.2) is 14.1 Å². The number of carbonyl (C=O) groups excluding carboxylic acids is 1. The molecule has 0 saturated carbocycles. The lowest BCUT2D eigenvalue weighted by Crippen LogP contribution is -2.82. The first kappa shape index (κ1) is 23.9. The summed E-state index contributed by atoms with van der Waals surface area (Å²) in [6.45, 7) is 2.95. The number of aliphatic imine (C=N–C) groups is 1. The standard InChI is InChI=1S/C21H32FN7O5/c1-9-5-12(11-6-10(22)3-4-13(11)25-9)17(31)34-15-7-28-18(23)26-14(8-30)16-21(28,20(15,2)32)29(33)19(24)27-16/h3-4,9-10,14-16,18-19,26-27,30,32-33H,5-8,23-24H2,1-2H3. The van der Waals surface area contributed by atoms with E-state index in [1.165, 1.54) is 13.0 Å². The summed E-state index contributed by atoms with van der Waals surface area (Å²) in [5, 5.41) is 39.5. The molecule has 3 fully saturated rings. The molecule has 0 aromatic carbocycles. The Morgan fingerprint density at radius 1 is 1.35 bits per heavy atom. The number of nitrogens with zero attached hydrogens (tertiary/aromatic N) is 3. The highest BCUT2D eigenvalue weighted by Crippen LogP contribution is 2.50. The SMILES string of the molecule is CC1CC(C(=O)OC2CN3C(N)NC(CO)C4NC(N)N(O)C43C2(C)O)=C2CC(F)C=CC2=N1. The van der Waals surface area contributed by atoms with Crippen molar-refractivity contribution in [2.24, 2.45) is 16.5 Å². The molecule has 9 unspecified atom stereocenters. The molecule has 4 heterocycles. The molecular formula is C21H32FN7O5. The van der Waals surface area contributed by atoms with Crippen LogP contribution in [0.1, 0.15) is 26.7 Å². The lowest BCUT2D eigenvalue weighted by molar-refractivity contribution is -0.290. The van der Waals surface area contributed by atoms with Gasteiger partial charge in [0.05, 0.1) is 30.4 Å². The van der Waals surface area contributed by atoms with Crippen LogP contribution in [0, 0.1) is 0 Å². The molecule has 0 bridgehead atoms. The summed E-state index contributed by atoms with van der Waals surface area (Å²) in [5.74, 6) is -0.671. The molecule has 0 amide bonds. The number of dihydropyridines is 1. The van der Waals surface area contributed by atoms with Gasteiger partial charge in [-0.2, -0.15) is 0 Å². The lowest BCUT2D eigenvalue weighted by atomic mass is 9.78. The second kappa shape index (κ2) is 8.11. The van der Waals surface area contributed by atoms with Crippen LogP contribution >= 0.6 is 0 Å². The monoisotopic (exact) mass is 481 g/mol. The first-order valence-electron chi connectivity index (χ1n) is 11.5. The summed E-state index contributed by atoms with van der Waals surface area (Å²) in [6, 6.07) is -1.58. The zero-order chi connectivity index (χ0) is 24.6. The zero-order valence-electron chi connectivity index (χ0n) is 19.1. The minimum Gasteiger partial charge on any atom is -0.454 e. The number of esters is 1. The molecule has 4 aliphatic heterocycles. The van der Waals surface area contributed by atoms with Gasteiger partial charge in [-0.3, -0.25) is 15.6 Å². The number of nitrogens with one attached hydrogen (secondary N) is 2. The summed E-state index contributed by atoms with van der Waals surface area (Å²) >= 11 is 0. The predicted molar refractivity (Wildman–Crippen MR) is 118 cm³/mol. The van der Waals surface area contributed by atoms with E-state index >= 15 is 0 Å². The fourth-order valence-corrected chi connectivity index (χ4v) is 6.21. The number of alkyl halides is 1. The molecule has 1 spiro atoms. The Morgan fingerprint density at radius 2 is 2.09 bits per heavy atom. The fraction of sp³-hybridized carbons (Fsp3) is 0.714. The van der Waals surface area contributed by atoms with Crippen LogP contribution in [0.25, 0.3) is 0 Å². The van der Waals surface area contributed by atoms with Crippen LogP contribution in [0.3, 0.4) is 0 Å². The highest BCUT2D eigenvalue weighted by atomic mass is 19.1. The third-order valence-corrected chi connectivity index (χ3v) is 7.78. The lowest BCUT2D eigenvalue weighted by Gasteiger charge is -2.55. The van der Waals surface area contributed by atoms with Crippen LogP contribution in [0.5, 0.6) is 0 Å². The Bertz CT molecular complexity index is 973. The Hall–Kier alpha value is -1.81. The number of rotatable bonds is 3. The first-order chi connectivity index (χ1) is 16.0. The molecule has 9 N–H and O–H groups in total. The molecule has 0 radical (unpaired) electrons. The molecule has 0 aromatic heterocycles. The number of hydrogen-bond donors (Lipinski definition) is 7. The minimum absolute atomic E-state index is 0.0161. The molecule has 34 heavy (non-hydrogen) atoms. The van der Waals surface area contributed by atoms with Crippen molar-refractivity contribution < 1.29 is 29.3 Å². The highest BCUT2D eigenvalue weighted by Gasteiger charge is 2.76. The van der Waals surface area contributed by atoms with E-state index in [0.29, 0.717) is 16.9 Å². The smallest absolute Gasteiger partial charge is 0.334 e. The van der Waals surface area contributed by atoms with E-state index < -0.39 is 54.2 Å². The topological polar surface area (TPSA) is 182 Å². The highest BCUT2D eigenvalue weighted by molar-refractivity contribution is 6.14. The van der Waals surface area contributed by atoms with Crippen LogP contribution in [-0.4, -0.2) is 104 Å². The summed E-state index contributed by atoms with van der Waals surface area (Å²) in [6.07, 6.45) is -0.956. The third-order valence-electron chi connectivity index (χ3n) is 7.78. The quantitative estimate of drug-likeness (QED) is 0.213. The van der Waals surface area contributed by atoms with Crippen molar-refractivity contribution in [1.82, 2.24) is 20.6 Å². The largest absolute Gasteiger partial charge is 0.454 e. The Balaban J connectivity index is 1.49. The molecule has 5 rings (SSSR count). The molecule has 0 aromatic rings. The van der Waals surface area contributed by atoms with Gasteiger partial charge in [0.1, 0.15) is 30.5 Å². The van der Waals surface area contributed by atoms with Crippen LogP contribution < -0.4 is 22.1 Å². The molecule has 3 saturated heterocycles. The van der Waals surface area contributed by atoms with E-state index in [-0.39, 0.29) is 32.0 Å². The number of aliphatic hydroxyl groups is 2. The molecule has 9 atom stereocenters. The second-order valence-corrected chi connectivity index (χ2v) is 9.86. The molecule has 1 aliphatic carbocycles. The third kappa shape index (κ3) is 3.16. The van der Waals surface area contributed by atoms with Crippen molar-refractivity contribution in [3.05, 3.63) is 23.3 Å². The van der Waals surface area contributed by atoms with E-state index in [0.717, 1.165) is 5.06 Å². The number of hydroxylamine groups is 2. The van der Waals surface area contributed by atoms with Gasteiger partial charge in [-0.15, -0.1) is 5.06 Å². The maximum Gasteiger partial charge on any atom is 0.334 e.